The summed E-state index contributed by atoms with van der Waals surface area (Å²) < 4.78 is 4.94. The molecule has 0 aliphatic rings. The van der Waals surface area contributed by atoms with E-state index in [0.717, 1.165) is 16.6 Å². The van der Waals surface area contributed by atoms with E-state index in [9.17, 15) is 4.79 Å². The van der Waals surface area contributed by atoms with Gasteiger partial charge in [-0.15, -0.1) is 0 Å². The fraction of sp³-hybridized carbons (Fsp3) is 0.231. The molecule has 0 unspecified atom stereocenters. The van der Waals surface area contributed by atoms with Crippen LogP contribution in [0.3, 0.4) is 0 Å². The first-order chi connectivity index (χ1) is 8.11. The summed E-state index contributed by atoms with van der Waals surface area (Å²) in [6, 6.07) is 6.96. The number of halogens is 1. The number of pyridine rings is 1. The predicted octanol–water partition coefficient (Wildman–Crippen LogP) is 3.37. The molecule has 0 amide bonds. The van der Waals surface area contributed by atoms with Gasteiger partial charge in [-0.05, 0) is 38.1 Å². The smallest absolute Gasteiger partial charge is 0.338 e. The summed E-state index contributed by atoms with van der Waals surface area (Å²) in [6.45, 7) is 4.01. The molecule has 17 heavy (non-hydrogen) atoms. The number of benzene rings is 1. The molecule has 1 heterocycles. The summed E-state index contributed by atoms with van der Waals surface area (Å²) in [5.41, 5.74) is 2.13. The van der Waals surface area contributed by atoms with Crippen LogP contribution in [0.2, 0.25) is 5.02 Å². The highest BCUT2D eigenvalue weighted by molar-refractivity contribution is 6.35. The van der Waals surface area contributed by atoms with Gasteiger partial charge in [0.05, 0.1) is 22.7 Å². The van der Waals surface area contributed by atoms with Crippen molar-refractivity contribution >= 4 is 28.5 Å². The molecule has 0 fully saturated rings. The number of hydrogen-bond donors (Lipinski definition) is 0. The Bertz CT molecular complexity index is 581. The average molecular weight is 250 g/mol. The summed E-state index contributed by atoms with van der Waals surface area (Å²) in [7, 11) is 0. The quantitative estimate of drug-likeness (QED) is 0.766. The highest BCUT2D eigenvalue weighted by Crippen LogP contribution is 2.24. The monoisotopic (exact) mass is 249 g/mol. The number of esters is 1. The van der Waals surface area contributed by atoms with Crippen LogP contribution in [-0.4, -0.2) is 17.6 Å². The number of ether oxygens (including phenoxy) is 1. The Morgan fingerprint density at radius 2 is 2.18 bits per heavy atom. The number of carbonyl (C=O) groups excluding carboxylic acids is 1. The Labute approximate surface area is 104 Å². The molecule has 4 heteroatoms. The molecule has 2 aromatic rings. The van der Waals surface area contributed by atoms with E-state index >= 15 is 0 Å². The van der Waals surface area contributed by atoms with Gasteiger partial charge < -0.3 is 4.74 Å². The van der Waals surface area contributed by atoms with Crippen molar-refractivity contribution in [2.45, 2.75) is 13.8 Å². The molecule has 88 valence electrons. The standard InChI is InChI=1S/C13H12ClNO2/c1-3-17-13(16)9-4-5-12-10(7-9)11(14)6-8(2)15-12/h4-7H,3H2,1-2H3. The minimum absolute atomic E-state index is 0.342. The van der Waals surface area contributed by atoms with Crippen molar-refractivity contribution in [2.75, 3.05) is 6.61 Å². The van der Waals surface area contributed by atoms with Crippen LogP contribution in [0.1, 0.15) is 23.0 Å². The second-order valence-corrected chi connectivity index (χ2v) is 4.11. The Balaban J connectivity index is 2.54. The summed E-state index contributed by atoms with van der Waals surface area (Å²) in [5.74, 6) is -0.342. The molecule has 0 aliphatic carbocycles. The molecule has 0 N–H and O–H groups in total. The minimum Gasteiger partial charge on any atom is -0.462 e. The molecule has 0 atom stereocenters. The van der Waals surface area contributed by atoms with Crippen molar-refractivity contribution in [1.82, 2.24) is 4.98 Å². The van der Waals surface area contributed by atoms with Gasteiger partial charge in [0.1, 0.15) is 0 Å². The van der Waals surface area contributed by atoms with E-state index in [2.05, 4.69) is 4.98 Å². The Hall–Kier alpha value is -1.61. The van der Waals surface area contributed by atoms with E-state index in [0.29, 0.717) is 17.2 Å². The van der Waals surface area contributed by atoms with Crippen LogP contribution in [-0.2, 0) is 4.74 Å². The molecule has 0 saturated carbocycles. The number of carbonyl (C=O) groups is 1. The third-order valence-electron chi connectivity index (χ3n) is 2.40. The zero-order valence-corrected chi connectivity index (χ0v) is 10.4. The average Bonchev–Trinajstić information content (AvgIpc) is 2.28. The second kappa shape index (κ2) is 4.72. The lowest BCUT2D eigenvalue weighted by molar-refractivity contribution is 0.0526. The lowest BCUT2D eigenvalue weighted by Gasteiger charge is -2.05. The first-order valence-corrected chi connectivity index (χ1v) is 5.73. The topological polar surface area (TPSA) is 39.2 Å². The first-order valence-electron chi connectivity index (χ1n) is 5.36. The van der Waals surface area contributed by atoms with Gasteiger partial charge in [0.2, 0.25) is 0 Å². The normalized spacial score (nSPS) is 10.5. The van der Waals surface area contributed by atoms with Crippen LogP contribution >= 0.6 is 11.6 Å². The van der Waals surface area contributed by atoms with Gasteiger partial charge in [-0.25, -0.2) is 4.79 Å². The lowest BCUT2D eigenvalue weighted by atomic mass is 10.1. The minimum atomic E-state index is -0.342. The fourth-order valence-corrected chi connectivity index (χ4v) is 1.96. The molecule has 0 aliphatic heterocycles. The summed E-state index contributed by atoms with van der Waals surface area (Å²) in [4.78, 5) is 15.9. The molecule has 0 spiro atoms. The lowest BCUT2D eigenvalue weighted by Crippen LogP contribution is -2.04. The van der Waals surface area contributed by atoms with Gasteiger partial charge in [-0.3, -0.25) is 4.98 Å². The zero-order valence-electron chi connectivity index (χ0n) is 9.66. The van der Waals surface area contributed by atoms with E-state index in [1.807, 2.05) is 6.92 Å². The van der Waals surface area contributed by atoms with Gasteiger partial charge in [0, 0.05) is 11.1 Å². The van der Waals surface area contributed by atoms with Crippen molar-refractivity contribution in [1.29, 1.82) is 0 Å². The van der Waals surface area contributed by atoms with Crippen LogP contribution in [0.4, 0.5) is 0 Å². The predicted molar refractivity (Wildman–Crippen MR) is 67.4 cm³/mol. The van der Waals surface area contributed by atoms with Gasteiger partial charge >= 0.3 is 5.97 Å². The number of nitrogens with zero attached hydrogens (tertiary/aromatic N) is 1. The molecule has 0 saturated heterocycles. The molecule has 1 aromatic heterocycles. The number of hydrogen-bond acceptors (Lipinski definition) is 3. The Morgan fingerprint density at radius 3 is 2.88 bits per heavy atom. The number of fused-ring (bicyclic) bond motifs is 1. The molecule has 0 bridgehead atoms. The number of aromatic nitrogens is 1. The number of rotatable bonds is 2. The van der Waals surface area contributed by atoms with E-state index < -0.39 is 0 Å². The van der Waals surface area contributed by atoms with Gasteiger partial charge in [0.25, 0.3) is 0 Å². The Morgan fingerprint density at radius 1 is 1.41 bits per heavy atom. The van der Waals surface area contributed by atoms with Gasteiger partial charge in [-0.2, -0.15) is 0 Å². The van der Waals surface area contributed by atoms with Crippen molar-refractivity contribution in [2.24, 2.45) is 0 Å². The van der Waals surface area contributed by atoms with E-state index in [4.69, 9.17) is 16.3 Å². The van der Waals surface area contributed by atoms with Gasteiger partial charge in [-0.1, -0.05) is 11.6 Å². The molecular formula is C13H12ClNO2. The van der Waals surface area contributed by atoms with Crippen LogP contribution in [0.5, 0.6) is 0 Å². The Kier molecular flexibility index (Phi) is 3.29. The molecule has 3 nitrogen and oxygen atoms in total. The highest BCUT2D eigenvalue weighted by Gasteiger charge is 2.09. The summed E-state index contributed by atoms with van der Waals surface area (Å²) in [6.07, 6.45) is 0. The number of aryl methyl sites for hydroxylation is 1. The molecule has 0 radical (unpaired) electrons. The van der Waals surface area contributed by atoms with Crippen LogP contribution in [0.15, 0.2) is 24.3 Å². The van der Waals surface area contributed by atoms with Crippen molar-refractivity contribution in [3.05, 3.63) is 40.5 Å². The maximum Gasteiger partial charge on any atom is 0.338 e. The van der Waals surface area contributed by atoms with E-state index in [1.54, 1.807) is 31.2 Å². The van der Waals surface area contributed by atoms with Gasteiger partial charge in [0.15, 0.2) is 0 Å². The van der Waals surface area contributed by atoms with Crippen LogP contribution in [0.25, 0.3) is 10.9 Å². The van der Waals surface area contributed by atoms with E-state index in [1.165, 1.54) is 0 Å². The summed E-state index contributed by atoms with van der Waals surface area (Å²) in [5, 5.41) is 1.36. The maximum atomic E-state index is 11.6. The summed E-state index contributed by atoms with van der Waals surface area (Å²) >= 11 is 6.12. The third kappa shape index (κ3) is 2.39. The third-order valence-corrected chi connectivity index (χ3v) is 2.71. The van der Waals surface area contributed by atoms with Crippen molar-refractivity contribution in [3.8, 4) is 0 Å². The van der Waals surface area contributed by atoms with Crippen LogP contribution < -0.4 is 0 Å². The maximum absolute atomic E-state index is 11.6. The first kappa shape index (κ1) is 11.9. The molecule has 2 rings (SSSR count). The molecular weight excluding hydrogens is 238 g/mol. The van der Waals surface area contributed by atoms with Crippen LogP contribution in [0, 0.1) is 6.92 Å². The molecule has 1 aromatic carbocycles. The second-order valence-electron chi connectivity index (χ2n) is 3.70. The zero-order chi connectivity index (χ0) is 12.4. The van der Waals surface area contributed by atoms with Crippen molar-refractivity contribution < 1.29 is 9.53 Å². The fourth-order valence-electron chi connectivity index (χ4n) is 1.65. The largest absolute Gasteiger partial charge is 0.462 e. The highest BCUT2D eigenvalue weighted by atomic mass is 35.5. The van der Waals surface area contributed by atoms with Crippen molar-refractivity contribution in [3.63, 3.8) is 0 Å². The van der Waals surface area contributed by atoms with E-state index in [-0.39, 0.29) is 5.97 Å². The SMILES string of the molecule is CCOC(=O)c1ccc2nc(C)cc(Cl)c2c1.